The zero-order valence-corrected chi connectivity index (χ0v) is 45.3. The highest BCUT2D eigenvalue weighted by Gasteiger charge is 2.19. The summed E-state index contributed by atoms with van der Waals surface area (Å²) < 4.78 is 16.7. The molecule has 0 saturated heterocycles. The third-order valence-corrected chi connectivity index (χ3v) is 10.3. The maximum atomic E-state index is 12.8. The van der Waals surface area contributed by atoms with E-state index in [-0.39, 0.29) is 44.4 Å². The quantitative estimate of drug-likeness (QED) is 0.0199. The van der Waals surface area contributed by atoms with Gasteiger partial charge in [0.2, 0.25) is 0 Å². The van der Waals surface area contributed by atoms with Crippen LogP contribution in [0.4, 0.5) is 0 Å². The van der Waals surface area contributed by atoms with Crippen LogP contribution in [-0.2, 0) is 28.6 Å². The highest BCUT2D eigenvalue weighted by atomic mass is 16.6. The van der Waals surface area contributed by atoms with E-state index in [1.165, 1.54) is 25.7 Å². The molecule has 73 heavy (non-hydrogen) atoms. The molecule has 0 heterocycles. The molecular formula is C67H94O6. The van der Waals surface area contributed by atoms with Crippen molar-refractivity contribution in [2.45, 2.75) is 168 Å². The van der Waals surface area contributed by atoms with Gasteiger partial charge in [-0.05, 0) is 96.3 Å². The van der Waals surface area contributed by atoms with Gasteiger partial charge >= 0.3 is 17.9 Å². The molecule has 0 aromatic rings. The SMILES string of the molecule is CC\C=C/C=C\C=C/C=C\C=C\C=C/C=C\CCCCCC(=O)OCC(COC(=O)CCC/C=C\C/C=C\C/C=C\C/C=C\CCCCC)OC(=O)CCCCC\C=C/C=C\C=C\C=C/C=C\C=C/C=C\CC. The molecule has 0 N–H and O–H groups in total. The summed E-state index contributed by atoms with van der Waals surface area (Å²) in [4.78, 5) is 38.1. The molecule has 0 rings (SSSR count). The van der Waals surface area contributed by atoms with Crippen LogP contribution in [0.5, 0.6) is 0 Å². The summed E-state index contributed by atoms with van der Waals surface area (Å²) in [6, 6.07) is 0. The van der Waals surface area contributed by atoms with Crippen LogP contribution in [0, 0.1) is 0 Å². The molecule has 0 aliphatic rings. The lowest BCUT2D eigenvalue weighted by atomic mass is 10.1. The summed E-state index contributed by atoms with van der Waals surface area (Å²) in [5.74, 6) is -1.12. The molecule has 6 heteroatoms. The Morgan fingerprint density at radius 2 is 0.603 bits per heavy atom. The van der Waals surface area contributed by atoms with E-state index < -0.39 is 12.1 Å². The molecule has 0 radical (unpaired) electrons. The number of esters is 3. The zero-order valence-electron chi connectivity index (χ0n) is 45.3. The third-order valence-electron chi connectivity index (χ3n) is 10.3. The van der Waals surface area contributed by atoms with Gasteiger partial charge in [0.1, 0.15) is 13.2 Å². The third kappa shape index (κ3) is 56.5. The maximum Gasteiger partial charge on any atom is 0.306 e. The first kappa shape index (κ1) is 66.7. The summed E-state index contributed by atoms with van der Waals surface area (Å²) in [6.07, 6.45) is 92.0. The maximum absolute atomic E-state index is 12.8. The van der Waals surface area contributed by atoms with E-state index in [0.29, 0.717) is 19.3 Å². The van der Waals surface area contributed by atoms with Gasteiger partial charge in [-0.2, -0.15) is 0 Å². The lowest BCUT2D eigenvalue weighted by Crippen LogP contribution is -2.30. The van der Waals surface area contributed by atoms with Gasteiger partial charge in [-0.15, -0.1) is 0 Å². The smallest absolute Gasteiger partial charge is 0.306 e. The Morgan fingerprint density at radius 3 is 0.986 bits per heavy atom. The van der Waals surface area contributed by atoms with Gasteiger partial charge in [0.05, 0.1) is 0 Å². The summed E-state index contributed by atoms with van der Waals surface area (Å²) in [6.45, 7) is 6.15. The molecule has 0 aromatic heterocycles. The van der Waals surface area contributed by atoms with Crippen LogP contribution in [-0.4, -0.2) is 37.2 Å². The van der Waals surface area contributed by atoms with Crippen molar-refractivity contribution in [3.05, 3.63) is 219 Å². The number of hydrogen-bond acceptors (Lipinski definition) is 6. The van der Waals surface area contributed by atoms with Crippen LogP contribution in [0.2, 0.25) is 0 Å². The van der Waals surface area contributed by atoms with Crippen molar-refractivity contribution in [3.63, 3.8) is 0 Å². The van der Waals surface area contributed by atoms with Crippen LogP contribution in [0.25, 0.3) is 0 Å². The molecule has 0 fully saturated rings. The van der Waals surface area contributed by atoms with Crippen molar-refractivity contribution in [2.75, 3.05) is 13.2 Å². The van der Waals surface area contributed by atoms with Gasteiger partial charge in [0, 0.05) is 19.3 Å². The first-order valence-corrected chi connectivity index (χ1v) is 27.4. The fraction of sp³-hybridized carbons (Fsp3) is 0.418. The molecule has 0 amide bonds. The second kappa shape index (κ2) is 58.3. The fourth-order valence-electron chi connectivity index (χ4n) is 6.28. The van der Waals surface area contributed by atoms with Crippen LogP contribution in [0.15, 0.2) is 219 Å². The second-order valence-corrected chi connectivity index (χ2v) is 17.0. The Bertz CT molecular complexity index is 1910. The van der Waals surface area contributed by atoms with Gasteiger partial charge in [-0.25, -0.2) is 0 Å². The molecule has 6 nitrogen and oxygen atoms in total. The number of carbonyl (C=O) groups is 3. The summed E-state index contributed by atoms with van der Waals surface area (Å²) >= 11 is 0. The van der Waals surface area contributed by atoms with Crippen molar-refractivity contribution >= 4 is 17.9 Å². The van der Waals surface area contributed by atoms with E-state index in [2.05, 4.69) is 93.7 Å². The highest BCUT2D eigenvalue weighted by Crippen LogP contribution is 2.10. The minimum absolute atomic E-state index is 0.153. The number of allylic oxidation sites excluding steroid dienone is 36. The van der Waals surface area contributed by atoms with Crippen LogP contribution in [0.3, 0.4) is 0 Å². The van der Waals surface area contributed by atoms with E-state index in [4.69, 9.17) is 14.2 Å². The van der Waals surface area contributed by atoms with Crippen LogP contribution >= 0.6 is 0 Å². The Kier molecular flexibility index (Phi) is 53.3. The topological polar surface area (TPSA) is 78.9 Å². The Labute approximate surface area is 444 Å². The molecule has 0 aliphatic heterocycles. The van der Waals surface area contributed by atoms with Gasteiger partial charge in [-0.3, -0.25) is 14.4 Å². The second-order valence-electron chi connectivity index (χ2n) is 17.0. The average Bonchev–Trinajstić information content (AvgIpc) is 3.39. The molecule has 398 valence electrons. The Morgan fingerprint density at radius 1 is 0.301 bits per heavy atom. The van der Waals surface area contributed by atoms with Crippen molar-refractivity contribution in [1.82, 2.24) is 0 Å². The van der Waals surface area contributed by atoms with Gasteiger partial charge < -0.3 is 14.2 Å². The lowest BCUT2D eigenvalue weighted by molar-refractivity contribution is -0.167. The predicted molar refractivity (Wildman–Crippen MR) is 315 cm³/mol. The minimum Gasteiger partial charge on any atom is -0.462 e. The van der Waals surface area contributed by atoms with Crippen molar-refractivity contribution in [3.8, 4) is 0 Å². The first-order chi connectivity index (χ1) is 36.0. The normalized spacial score (nSPS) is 13.8. The fourth-order valence-corrected chi connectivity index (χ4v) is 6.28. The average molecular weight is 995 g/mol. The Hall–Kier alpha value is -6.27. The van der Waals surface area contributed by atoms with E-state index in [9.17, 15) is 14.4 Å². The van der Waals surface area contributed by atoms with E-state index in [1.54, 1.807) is 0 Å². The van der Waals surface area contributed by atoms with Crippen molar-refractivity contribution in [2.24, 2.45) is 0 Å². The predicted octanol–water partition coefficient (Wildman–Crippen LogP) is 18.6. The minimum atomic E-state index is -0.860. The van der Waals surface area contributed by atoms with E-state index in [1.807, 2.05) is 146 Å². The largest absolute Gasteiger partial charge is 0.462 e. The monoisotopic (exact) mass is 995 g/mol. The van der Waals surface area contributed by atoms with Gasteiger partial charge in [0.25, 0.3) is 0 Å². The number of unbranched alkanes of at least 4 members (excludes halogenated alkanes) is 10. The van der Waals surface area contributed by atoms with E-state index in [0.717, 1.165) is 77.0 Å². The number of carbonyl (C=O) groups excluding carboxylic acids is 3. The van der Waals surface area contributed by atoms with Gasteiger partial charge in [-0.1, -0.05) is 265 Å². The van der Waals surface area contributed by atoms with Crippen molar-refractivity contribution in [1.29, 1.82) is 0 Å². The van der Waals surface area contributed by atoms with Gasteiger partial charge in [0.15, 0.2) is 6.10 Å². The number of rotatable bonds is 45. The molecule has 0 spiro atoms. The lowest BCUT2D eigenvalue weighted by Gasteiger charge is -2.18. The zero-order chi connectivity index (χ0) is 52.9. The first-order valence-electron chi connectivity index (χ1n) is 27.4. The standard InChI is InChI=1S/C67H94O6/c1-4-7-10-13-16-19-22-25-28-31-33-36-39-42-45-48-51-54-57-60-66(69)72-63-64(62-71-65(68)59-56-53-50-47-44-41-38-35-30-27-24-21-18-15-12-9-6-3)73-67(70)61-58-55-52-49-46-43-40-37-34-32-29-26-23-20-17-14-11-8-5-2/h7-8,10-11,13-14,16-23,25-34,36-43,45-47,50,64H,4-6,9,12,15,24,35,44,48-49,51-63H2,1-3H3/b10-7-,11-8-,16-13-,17-14-,21-18-,22-19-,23-20-,28-25-,29-26-,30-27-,33-31+,34-32+,39-36-,40-37-,41-38-,45-42-,46-43-,50-47-. The molecule has 0 bridgehead atoms. The molecule has 0 aromatic carbocycles. The van der Waals surface area contributed by atoms with E-state index >= 15 is 0 Å². The van der Waals surface area contributed by atoms with Crippen LogP contribution < -0.4 is 0 Å². The Balaban J connectivity index is 4.75. The summed E-state index contributed by atoms with van der Waals surface area (Å²) in [5, 5.41) is 0. The molecular weight excluding hydrogens is 901 g/mol. The van der Waals surface area contributed by atoms with Crippen molar-refractivity contribution < 1.29 is 28.6 Å². The number of hydrogen-bond donors (Lipinski definition) is 0. The molecule has 0 saturated carbocycles. The molecule has 1 atom stereocenters. The molecule has 1 unspecified atom stereocenters. The number of ether oxygens (including phenoxy) is 3. The van der Waals surface area contributed by atoms with Crippen LogP contribution in [0.1, 0.15) is 162 Å². The highest BCUT2D eigenvalue weighted by molar-refractivity contribution is 5.71. The molecule has 0 aliphatic carbocycles. The summed E-state index contributed by atoms with van der Waals surface area (Å²) in [7, 11) is 0. The summed E-state index contributed by atoms with van der Waals surface area (Å²) in [5.41, 5.74) is 0.